The first-order valence-corrected chi connectivity index (χ1v) is 3.79. The number of thiophene rings is 1. The van der Waals surface area contributed by atoms with Crippen LogP contribution in [-0.4, -0.2) is 11.1 Å². The van der Waals surface area contributed by atoms with Gasteiger partial charge in [0.05, 0.1) is 0 Å². The molecule has 1 aromatic rings. The minimum Gasteiger partial charge on any atom is -0.477 e. The molecule has 0 radical (unpaired) electrons. The minimum absolute atomic E-state index is 0. The zero-order valence-corrected chi connectivity index (χ0v) is 7.88. The van der Waals surface area contributed by atoms with E-state index in [1.165, 1.54) is 11.3 Å². The average molecular weight is 193 g/mol. The van der Waals surface area contributed by atoms with Crippen LogP contribution in [0, 0.1) is 13.8 Å². The van der Waals surface area contributed by atoms with Gasteiger partial charge in [0.2, 0.25) is 0 Å². The van der Waals surface area contributed by atoms with Crippen LogP contribution in [0.5, 0.6) is 0 Å². The zero-order chi connectivity index (χ0) is 7.72. The fourth-order valence-electron chi connectivity index (χ4n) is 0.714. The molecule has 0 bridgehead atoms. The molecule has 0 aromatic carbocycles. The highest BCUT2D eigenvalue weighted by molar-refractivity contribution is 7.12. The monoisotopic (exact) mass is 192 g/mol. The fourth-order valence-corrected chi connectivity index (χ4v) is 1.62. The molecule has 0 unspecified atom stereocenters. The summed E-state index contributed by atoms with van der Waals surface area (Å²) in [5.41, 5.74) is 1.94. The van der Waals surface area contributed by atoms with E-state index in [9.17, 15) is 4.79 Å². The number of halogens is 1. The Labute approximate surface area is 75.3 Å². The average Bonchev–Trinajstić information content (AvgIpc) is 2.14. The number of aryl methyl sites for hydroxylation is 1. The molecule has 62 valence electrons. The van der Waals surface area contributed by atoms with Crippen LogP contribution < -0.4 is 0 Å². The number of hydrogen-bond donors (Lipinski definition) is 1. The van der Waals surface area contributed by atoms with Gasteiger partial charge in [0.1, 0.15) is 4.88 Å². The number of hydrogen-bond acceptors (Lipinski definition) is 2. The summed E-state index contributed by atoms with van der Waals surface area (Å²) in [6.07, 6.45) is 0. The van der Waals surface area contributed by atoms with E-state index >= 15 is 0 Å². The molecule has 0 amide bonds. The van der Waals surface area contributed by atoms with Gasteiger partial charge in [0, 0.05) is 0 Å². The highest BCUT2D eigenvalue weighted by atomic mass is 35.5. The van der Waals surface area contributed by atoms with Crippen molar-refractivity contribution in [2.75, 3.05) is 0 Å². The molecule has 11 heavy (non-hydrogen) atoms. The SMILES string of the molecule is Cc1csc(C(=O)O)c1C.Cl. The van der Waals surface area contributed by atoms with Crippen LogP contribution in [0.2, 0.25) is 0 Å². The molecule has 0 saturated heterocycles. The predicted octanol–water partition coefficient (Wildman–Crippen LogP) is 2.48. The molecule has 2 nitrogen and oxygen atoms in total. The van der Waals surface area contributed by atoms with Crippen LogP contribution in [0.1, 0.15) is 20.8 Å². The third-order valence-electron chi connectivity index (χ3n) is 1.48. The van der Waals surface area contributed by atoms with Crippen molar-refractivity contribution < 1.29 is 9.90 Å². The Bertz CT molecular complexity index is 267. The second-order valence-electron chi connectivity index (χ2n) is 2.18. The summed E-state index contributed by atoms with van der Waals surface area (Å²) in [6, 6.07) is 0. The molecule has 0 atom stereocenters. The van der Waals surface area contributed by atoms with E-state index in [1.807, 2.05) is 19.2 Å². The molecule has 4 heteroatoms. The second-order valence-corrected chi connectivity index (χ2v) is 3.06. The standard InChI is InChI=1S/C7H8O2S.ClH/c1-4-3-10-6(5(4)2)7(8)9;/h3H,1-2H3,(H,8,9);1H. The molecular weight excluding hydrogens is 184 g/mol. The Hall–Kier alpha value is -0.540. The number of carboxylic acid groups (broad SMARTS) is 1. The molecule has 1 N–H and O–H groups in total. The van der Waals surface area contributed by atoms with Crippen molar-refractivity contribution in [3.05, 3.63) is 21.4 Å². The van der Waals surface area contributed by atoms with Crippen molar-refractivity contribution in [3.8, 4) is 0 Å². The summed E-state index contributed by atoms with van der Waals surface area (Å²) >= 11 is 1.28. The Balaban J connectivity index is 0.000001000. The molecule has 1 aromatic heterocycles. The highest BCUT2D eigenvalue weighted by Crippen LogP contribution is 2.20. The smallest absolute Gasteiger partial charge is 0.346 e. The predicted molar refractivity (Wildman–Crippen MR) is 48.0 cm³/mol. The Morgan fingerprint density at radius 1 is 1.55 bits per heavy atom. The van der Waals surface area contributed by atoms with Gasteiger partial charge in [0.15, 0.2) is 0 Å². The van der Waals surface area contributed by atoms with E-state index in [0.717, 1.165) is 11.1 Å². The number of carboxylic acids is 1. The van der Waals surface area contributed by atoms with Crippen molar-refractivity contribution in [3.63, 3.8) is 0 Å². The van der Waals surface area contributed by atoms with E-state index < -0.39 is 5.97 Å². The molecule has 0 fully saturated rings. The van der Waals surface area contributed by atoms with E-state index in [0.29, 0.717) is 4.88 Å². The van der Waals surface area contributed by atoms with Crippen molar-refractivity contribution >= 4 is 29.7 Å². The molecular formula is C7H9ClO2S. The first-order chi connectivity index (χ1) is 4.63. The maximum absolute atomic E-state index is 10.4. The summed E-state index contributed by atoms with van der Waals surface area (Å²) in [5.74, 6) is -0.824. The Morgan fingerprint density at radius 3 is 2.27 bits per heavy atom. The molecule has 1 rings (SSSR count). The first kappa shape index (κ1) is 10.5. The first-order valence-electron chi connectivity index (χ1n) is 2.91. The zero-order valence-electron chi connectivity index (χ0n) is 6.25. The van der Waals surface area contributed by atoms with Gasteiger partial charge in [-0.15, -0.1) is 23.7 Å². The van der Waals surface area contributed by atoms with Crippen molar-refractivity contribution in [2.24, 2.45) is 0 Å². The summed E-state index contributed by atoms with van der Waals surface area (Å²) in [6.45, 7) is 3.74. The molecule has 0 aliphatic heterocycles. The highest BCUT2D eigenvalue weighted by Gasteiger charge is 2.09. The van der Waals surface area contributed by atoms with Crippen LogP contribution in [0.15, 0.2) is 5.38 Å². The van der Waals surface area contributed by atoms with Crippen molar-refractivity contribution in [1.82, 2.24) is 0 Å². The van der Waals surface area contributed by atoms with Gasteiger partial charge < -0.3 is 5.11 Å². The lowest BCUT2D eigenvalue weighted by atomic mass is 10.2. The van der Waals surface area contributed by atoms with Crippen LogP contribution in [0.25, 0.3) is 0 Å². The molecule has 0 saturated carbocycles. The van der Waals surface area contributed by atoms with E-state index in [-0.39, 0.29) is 12.4 Å². The fraction of sp³-hybridized carbons (Fsp3) is 0.286. The number of rotatable bonds is 1. The van der Waals surface area contributed by atoms with Gasteiger partial charge in [-0.25, -0.2) is 4.79 Å². The van der Waals surface area contributed by atoms with Gasteiger partial charge >= 0.3 is 5.97 Å². The lowest BCUT2D eigenvalue weighted by Crippen LogP contribution is -1.94. The van der Waals surface area contributed by atoms with E-state index in [4.69, 9.17) is 5.11 Å². The topological polar surface area (TPSA) is 37.3 Å². The van der Waals surface area contributed by atoms with Crippen LogP contribution in [-0.2, 0) is 0 Å². The number of carbonyl (C=O) groups is 1. The largest absolute Gasteiger partial charge is 0.477 e. The van der Waals surface area contributed by atoms with Gasteiger partial charge in [-0.3, -0.25) is 0 Å². The third-order valence-corrected chi connectivity index (χ3v) is 2.67. The van der Waals surface area contributed by atoms with E-state index in [1.54, 1.807) is 0 Å². The molecule has 0 aliphatic carbocycles. The Morgan fingerprint density at radius 2 is 2.09 bits per heavy atom. The van der Waals surface area contributed by atoms with Gasteiger partial charge in [-0.05, 0) is 30.4 Å². The molecule has 0 aliphatic rings. The molecule has 0 spiro atoms. The summed E-state index contributed by atoms with van der Waals surface area (Å²) in [7, 11) is 0. The van der Waals surface area contributed by atoms with Crippen LogP contribution in [0.4, 0.5) is 0 Å². The van der Waals surface area contributed by atoms with Gasteiger partial charge in [-0.1, -0.05) is 0 Å². The van der Waals surface area contributed by atoms with Crippen molar-refractivity contribution in [2.45, 2.75) is 13.8 Å². The van der Waals surface area contributed by atoms with Gasteiger partial charge in [0.25, 0.3) is 0 Å². The summed E-state index contributed by atoms with van der Waals surface area (Å²) in [4.78, 5) is 10.9. The number of aromatic carboxylic acids is 1. The minimum atomic E-state index is -0.824. The lowest BCUT2D eigenvalue weighted by Gasteiger charge is -1.89. The van der Waals surface area contributed by atoms with E-state index in [2.05, 4.69) is 0 Å². The molecule has 1 heterocycles. The van der Waals surface area contributed by atoms with Crippen LogP contribution in [0.3, 0.4) is 0 Å². The summed E-state index contributed by atoms with van der Waals surface area (Å²) in [5, 5.41) is 10.4. The maximum atomic E-state index is 10.4. The van der Waals surface area contributed by atoms with Gasteiger partial charge in [-0.2, -0.15) is 0 Å². The maximum Gasteiger partial charge on any atom is 0.346 e. The summed E-state index contributed by atoms with van der Waals surface area (Å²) < 4.78 is 0. The van der Waals surface area contributed by atoms with Crippen molar-refractivity contribution in [1.29, 1.82) is 0 Å². The van der Waals surface area contributed by atoms with Crippen LogP contribution >= 0.6 is 23.7 Å². The quantitative estimate of drug-likeness (QED) is 0.743. The lowest BCUT2D eigenvalue weighted by molar-refractivity contribution is 0.0701. The third kappa shape index (κ3) is 1.94. The normalized spacial score (nSPS) is 8.91. The Kier molecular flexibility index (Phi) is 3.55. The second kappa shape index (κ2) is 3.74.